The number of rotatable bonds is 10. The van der Waals surface area contributed by atoms with Gasteiger partial charge in [0.2, 0.25) is 5.95 Å². The molecule has 0 aromatic carbocycles. The molecular formula is C14H26N4O2. The molecule has 0 amide bonds. The Bertz CT molecular complexity index is 387. The third-order valence-corrected chi connectivity index (χ3v) is 2.86. The predicted octanol–water partition coefficient (Wildman–Crippen LogP) is 3.05. The molecular weight excluding hydrogens is 256 g/mol. The molecule has 1 atom stereocenters. The molecule has 1 rings (SSSR count). The minimum atomic E-state index is 0.0911. The molecule has 0 spiro atoms. The average molecular weight is 282 g/mol. The summed E-state index contributed by atoms with van der Waals surface area (Å²) in [7, 11) is 1.75. The zero-order valence-electron chi connectivity index (χ0n) is 13.0. The number of nitrogens with zero attached hydrogens (tertiary/aromatic N) is 3. The second kappa shape index (κ2) is 9.34. The highest BCUT2D eigenvalue weighted by atomic mass is 16.5. The summed E-state index contributed by atoms with van der Waals surface area (Å²) in [4.78, 5) is 12.4. The second-order valence-electron chi connectivity index (χ2n) is 4.68. The number of hydrogen-bond donors (Lipinski definition) is 1. The lowest BCUT2D eigenvalue weighted by molar-refractivity contribution is 0.184. The molecule has 0 radical (unpaired) electrons. The van der Waals surface area contributed by atoms with Gasteiger partial charge in [0.05, 0.1) is 12.7 Å². The van der Waals surface area contributed by atoms with Crippen LogP contribution in [0.15, 0.2) is 0 Å². The van der Waals surface area contributed by atoms with Crippen molar-refractivity contribution in [3.63, 3.8) is 0 Å². The SMILES string of the molecule is CCCCCCC(C)Oc1nc(NC)nc(OCC)n1. The van der Waals surface area contributed by atoms with Gasteiger partial charge in [0.1, 0.15) is 0 Å². The van der Waals surface area contributed by atoms with Gasteiger partial charge in [-0.2, -0.15) is 9.97 Å². The van der Waals surface area contributed by atoms with Gasteiger partial charge in [-0.1, -0.05) is 26.2 Å². The van der Waals surface area contributed by atoms with Crippen LogP contribution in [0.25, 0.3) is 0 Å². The standard InChI is InChI=1S/C14H26N4O2/c1-5-7-8-9-10-11(3)20-14-17-12(15-4)16-13(18-14)19-6-2/h11H,5-10H2,1-4H3,(H,15,16,17,18). The number of ether oxygens (including phenoxy) is 2. The Balaban J connectivity index is 2.54. The molecule has 1 heterocycles. The molecule has 0 aliphatic carbocycles. The van der Waals surface area contributed by atoms with E-state index in [2.05, 4.69) is 27.2 Å². The molecule has 0 saturated carbocycles. The topological polar surface area (TPSA) is 69.2 Å². The van der Waals surface area contributed by atoms with E-state index in [1.165, 1.54) is 19.3 Å². The minimum Gasteiger partial charge on any atom is -0.464 e. The fourth-order valence-corrected chi connectivity index (χ4v) is 1.79. The van der Waals surface area contributed by atoms with Crippen molar-refractivity contribution < 1.29 is 9.47 Å². The van der Waals surface area contributed by atoms with Crippen LogP contribution < -0.4 is 14.8 Å². The van der Waals surface area contributed by atoms with E-state index in [4.69, 9.17) is 9.47 Å². The fraction of sp³-hybridized carbons (Fsp3) is 0.786. The summed E-state index contributed by atoms with van der Waals surface area (Å²) < 4.78 is 11.0. The van der Waals surface area contributed by atoms with Crippen molar-refractivity contribution in [2.75, 3.05) is 19.0 Å². The molecule has 6 heteroatoms. The summed E-state index contributed by atoms with van der Waals surface area (Å²) in [5.74, 6) is 0.455. The summed E-state index contributed by atoms with van der Waals surface area (Å²) in [6.45, 7) is 6.65. The summed E-state index contributed by atoms with van der Waals surface area (Å²) in [5, 5.41) is 2.88. The van der Waals surface area contributed by atoms with Crippen LogP contribution in [-0.4, -0.2) is 34.7 Å². The van der Waals surface area contributed by atoms with Gasteiger partial charge in [-0.15, -0.1) is 4.98 Å². The van der Waals surface area contributed by atoms with Gasteiger partial charge in [-0.3, -0.25) is 0 Å². The Labute approximate surface area is 121 Å². The lowest BCUT2D eigenvalue weighted by Crippen LogP contribution is -2.15. The summed E-state index contributed by atoms with van der Waals surface area (Å²) in [6.07, 6.45) is 6.02. The molecule has 1 N–H and O–H groups in total. The predicted molar refractivity (Wildman–Crippen MR) is 79.4 cm³/mol. The highest BCUT2D eigenvalue weighted by Gasteiger charge is 2.11. The summed E-state index contributed by atoms with van der Waals surface area (Å²) in [5.41, 5.74) is 0. The number of anilines is 1. The maximum atomic E-state index is 5.74. The third kappa shape index (κ3) is 6.04. The van der Waals surface area contributed by atoms with Gasteiger partial charge in [0.15, 0.2) is 0 Å². The van der Waals surface area contributed by atoms with E-state index in [0.717, 1.165) is 12.8 Å². The van der Waals surface area contributed by atoms with E-state index in [1.54, 1.807) is 7.05 Å². The Morgan fingerprint density at radius 2 is 1.80 bits per heavy atom. The molecule has 114 valence electrons. The Hall–Kier alpha value is -1.59. The highest BCUT2D eigenvalue weighted by molar-refractivity contribution is 5.26. The number of hydrogen-bond acceptors (Lipinski definition) is 6. The first-order chi connectivity index (χ1) is 9.69. The van der Waals surface area contributed by atoms with E-state index in [9.17, 15) is 0 Å². The van der Waals surface area contributed by atoms with E-state index in [1.807, 2.05) is 13.8 Å². The van der Waals surface area contributed by atoms with Crippen molar-refractivity contribution in [3.8, 4) is 12.0 Å². The first-order valence-corrected chi connectivity index (χ1v) is 7.42. The van der Waals surface area contributed by atoms with Crippen LogP contribution in [0, 0.1) is 0 Å². The Kier molecular flexibility index (Phi) is 7.69. The minimum absolute atomic E-state index is 0.0911. The zero-order valence-corrected chi connectivity index (χ0v) is 13.0. The molecule has 0 fully saturated rings. The van der Waals surface area contributed by atoms with Crippen LogP contribution in [0.4, 0.5) is 5.95 Å². The molecule has 0 aliphatic heterocycles. The van der Waals surface area contributed by atoms with Crippen molar-refractivity contribution in [1.82, 2.24) is 15.0 Å². The Morgan fingerprint density at radius 1 is 1.05 bits per heavy atom. The number of aromatic nitrogens is 3. The van der Waals surface area contributed by atoms with E-state index in [-0.39, 0.29) is 6.10 Å². The van der Waals surface area contributed by atoms with E-state index in [0.29, 0.717) is 24.6 Å². The quantitative estimate of drug-likeness (QED) is 0.665. The van der Waals surface area contributed by atoms with E-state index >= 15 is 0 Å². The van der Waals surface area contributed by atoms with Crippen LogP contribution in [0.2, 0.25) is 0 Å². The van der Waals surface area contributed by atoms with E-state index < -0.39 is 0 Å². The van der Waals surface area contributed by atoms with Gasteiger partial charge in [0.25, 0.3) is 0 Å². The van der Waals surface area contributed by atoms with Crippen molar-refractivity contribution in [2.24, 2.45) is 0 Å². The molecule has 1 aromatic rings. The average Bonchev–Trinajstić information content (AvgIpc) is 2.43. The van der Waals surface area contributed by atoms with Gasteiger partial charge < -0.3 is 14.8 Å². The van der Waals surface area contributed by atoms with Crippen LogP contribution in [0.1, 0.15) is 52.9 Å². The monoisotopic (exact) mass is 282 g/mol. The van der Waals surface area contributed by atoms with Crippen molar-refractivity contribution in [2.45, 2.75) is 59.0 Å². The largest absolute Gasteiger partial charge is 0.464 e. The maximum Gasteiger partial charge on any atom is 0.324 e. The molecule has 20 heavy (non-hydrogen) atoms. The first kappa shape index (κ1) is 16.5. The van der Waals surface area contributed by atoms with Gasteiger partial charge in [-0.05, 0) is 26.7 Å². The lowest BCUT2D eigenvalue weighted by Gasteiger charge is -2.14. The Morgan fingerprint density at radius 3 is 2.45 bits per heavy atom. The first-order valence-electron chi connectivity index (χ1n) is 7.42. The number of nitrogens with one attached hydrogen (secondary N) is 1. The van der Waals surface area contributed by atoms with Crippen LogP contribution in [0.5, 0.6) is 12.0 Å². The molecule has 0 bridgehead atoms. The van der Waals surface area contributed by atoms with Crippen LogP contribution in [0.3, 0.4) is 0 Å². The molecule has 1 aromatic heterocycles. The van der Waals surface area contributed by atoms with Crippen molar-refractivity contribution in [3.05, 3.63) is 0 Å². The molecule has 6 nitrogen and oxygen atoms in total. The molecule has 0 aliphatic rings. The maximum absolute atomic E-state index is 5.74. The second-order valence-corrected chi connectivity index (χ2v) is 4.68. The lowest BCUT2D eigenvalue weighted by atomic mass is 10.1. The highest BCUT2D eigenvalue weighted by Crippen LogP contribution is 2.16. The van der Waals surface area contributed by atoms with Crippen LogP contribution in [-0.2, 0) is 0 Å². The van der Waals surface area contributed by atoms with Crippen LogP contribution >= 0.6 is 0 Å². The van der Waals surface area contributed by atoms with Gasteiger partial charge in [-0.25, -0.2) is 0 Å². The molecule has 1 unspecified atom stereocenters. The number of unbranched alkanes of at least 4 members (excludes halogenated alkanes) is 3. The normalized spacial score (nSPS) is 12.0. The van der Waals surface area contributed by atoms with Gasteiger partial charge >= 0.3 is 12.0 Å². The smallest absolute Gasteiger partial charge is 0.324 e. The van der Waals surface area contributed by atoms with Crippen molar-refractivity contribution in [1.29, 1.82) is 0 Å². The third-order valence-electron chi connectivity index (χ3n) is 2.86. The van der Waals surface area contributed by atoms with Gasteiger partial charge in [0, 0.05) is 7.05 Å². The summed E-state index contributed by atoms with van der Waals surface area (Å²) in [6, 6.07) is 0.607. The molecule has 0 saturated heterocycles. The van der Waals surface area contributed by atoms with Crippen molar-refractivity contribution >= 4 is 5.95 Å². The fourth-order valence-electron chi connectivity index (χ4n) is 1.79. The zero-order chi connectivity index (χ0) is 14.8. The summed E-state index contributed by atoms with van der Waals surface area (Å²) >= 11 is 0.